The molecule has 0 radical (unpaired) electrons. The zero-order chi connectivity index (χ0) is 11.1. The van der Waals surface area contributed by atoms with Gasteiger partial charge in [-0.3, -0.25) is 4.79 Å². The van der Waals surface area contributed by atoms with Crippen LogP contribution >= 0.6 is 0 Å². The molecule has 0 aromatic heterocycles. The van der Waals surface area contributed by atoms with Gasteiger partial charge in [0.25, 0.3) is 0 Å². The van der Waals surface area contributed by atoms with Gasteiger partial charge in [-0.15, -0.1) is 0 Å². The summed E-state index contributed by atoms with van der Waals surface area (Å²) in [5.74, 6) is 0.0466. The van der Waals surface area contributed by atoms with Crippen LogP contribution in [0, 0.1) is 5.41 Å². The minimum Gasteiger partial charge on any atom is -0.384 e. The highest BCUT2D eigenvalue weighted by atomic mass is 16.3. The number of ketones is 1. The highest BCUT2D eigenvalue weighted by Crippen LogP contribution is 2.53. The Bertz CT molecular complexity index is 318. The monoisotopic (exact) mass is 208 g/mol. The quantitative estimate of drug-likeness (QED) is 0.719. The molecule has 2 atom stereocenters. The average molecular weight is 208 g/mol. The van der Waals surface area contributed by atoms with E-state index in [1.165, 1.54) is 6.42 Å². The molecule has 0 spiro atoms. The molecule has 2 aliphatic carbocycles. The van der Waals surface area contributed by atoms with Crippen molar-refractivity contribution in [3.05, 3.63) is 11.6 Å². The van der Waals surface area contributed by atoms with Gasteiger partial charge in [-0.1, -0.05) is 25.8 Å². The number of rotatable bonds is 1. The molecule has 0 aromatic rings. The van der Waals surface area contributed by atoms with Gasteiger partial charge in [-0.2, -0.15) is 0 Å². The molecule has 0 aromatic carbocycles. The average Bonchev–Trinajstić information content (AvgIpc) is 2.17. The normalized spacial score (nSPS) is 40.6. The lowest BCUT2D eigenvalue weighted by atomic mass is 9.56. The summed E-state index contributed by atoms with van der Waals surface area (Å²) in [6.07, 6.45) is 7.94. The Morgan fingerprint density at radius 2 is 2.00 bits per heavy atom. The topological polar surface area (TPSA) is 37.3 Å². The van der Waals surface area contributed by atoms with Gasteiger partial charge in [-0.25, -0.2) is 0 Å². The van der Waals surface area contributed by atoms with Gasteiger partial charge in [0.2, 0.25) is 0 Å². The van der Waals surface area contributed by atoms with Crippen LogP contribution in [0.2, 0.25) is 0 Å². The van der Waals surface area contributed by atoms with Crippen molar-refractivity contribution in [1.82, 2.24) is 0 Å². The fraction of sp³-hybridized carbons (Fsp3) is 0.769. The van der Waals surface area contributed by atoms with E-state index in [0.717, 1.165) is 32.1 Å². The van der Waals surface area contributed by atoms with Crippen LogP contribution in [0.3, 0.4) is 0 Å². The molecule has 0 bridgehead atoms. The number of hydrogen-bond acceptors (Lipinski definition) is 2. The second-order valence-electron chi connectivity index (χ2n) is 5.34. The summed E-state index contributed by atoms with van der Waals surface area (Å²) in [6, 6.07) is 0. The molecule has 1 fully saturated rings. The first-order valence-corrected chi connectivity index (χ1v) is 5.94. The Kier molecular flexibility index (Phi) is 2.50. The predicted molar refractivity (Wildman–Crippen MR) is 59.5 cm³/mol. The second-order valence-corrected chi connectivity index (χ2v) is 5.34. The lowest BCUT2D eigenvalue weighted by molar-refractivity contribution is -0.124. The molecule has 0 amide bonds. The Hall–Kier alpha value is -0.630. The van der Waals surface area contributed by atoms with Gasteiger partial charge in [0.1, 0.15) is 0 Å². The van der Waals surface area contributed by atoms with Crippen molar-refractivity contribution in [2.24, 2.45) is 5.41 Å². The number of aliphatic hydroxyl groups is 1. The Balaban J connectivity index is 2.43. The maximum absolute atomic E-state index is 11.6. The largest absolute Gasteiger partial charge is 0.384 e. The highest BCUT2D eigenvalue weighted by Gasteiger charge is 2.52. The number of allylic oxidation sites excluding steroid dienone is 1. The lowest BCUT2D eigenvalue weighted by Gasteiger charge is -2.51. The molecule has 2 rings (SSSR count). The summed E-state index contributed by atoms with van der Waals surface area (Å²) in [6.45, 7) is 3.71. The van der Waals surface area contributed by atoms with E-state index in [-0.39, 0.29) is 11.2 Å². The molecule has 2 heteroatoms. The number of fused-ring (bicyclic) bond motifs is 1. The van der Waals surface area contributed by atoms with Crippen molar-refractivity contribution in [3.8, 4) is 0 Å². The van der Waals surface area contributed by atoms with Gasteiger partial charge in [0.05, 0.1) is 5.60 Å². The van der Waals surface area contributed by atoms with E-state index in [0.29, 0.717) is 5.57 Å². The zero-order valence-corrected chi connectivity index (χ0v) is 9.68. The van der Waals surface area contributed by atoms with Gasteiger partial charge >= 0.3 is 0 Å². The summed E-state index contributed by atoms with van der Waals surface area (Å²) < 4.78 is 0. The number of carbonyl (C=O) groups is 1. The van der Waals surface area contributed by atoms with E-state index in [4.69, 9.17) is 0 Å². The van der Waals surface area contributed by atoms with Crippen molar-refractivity contribution in [1.29, 1.82) is 0 Å². The van der Waals surface area contributed by atoms with Crippen LogP contribution in [0.5, 0.6) is 0 Å². The molecule has 0 heterocycles. The Morgan fingerprint density at radius 3 is 2.67 bits per heavy atom. The summed E-state index contributed by atoms with van der Waals surface area (Å²) in [4.78, 5) is 11.6. The number of hydrogen-bond donors (Lipinski definition) is 1. The summed E-state index contributed by atoms with van der Waals surface area (Å²) in [7, 11) is 0. The van der Waals surface area contributed by atoms with Gasteiger partial charge in [0.15, 0.2) is 5.78 Å². The maximum atomic E-state index is 11.6. The van der Waals surface area contributed by atoms with E-state index in [2.05, 4.69) is 6.92 Å². The molecule has 84 valence electrons. The molecule has 15 heavy (non-hydrogen) atoms. The first kappa shape index (κ1) is 10.9. The molecule has 0 unspecified atom stereocenters. The fourth-order valence-corrected chi connectivity index (χ4v) is 3.34. The Morgan fingerprint density at radius 1 is 1.33 bits per heavy atom. The first-order chi connectivity index (χ1) is 7.00. The second kappa shape index (κ2) is 3.44. The molecule has 0 aliphatic heterocycles. The van der Waals surface area contributed by atoms with E-state index in [1.807, 2.05) is 6.08 Å². The third-order valence-electron chi connectivity index (χ3n) is 4.39. The summed E-state index contributed by atoms with van der Waals surface area (Å²) >= 11 is 0. The summed E-state index contributed by atoms with van der Waals surface area (Å²) in [5.41, 5.74) is -0.230. The van der Waals surface area contributed by atoms with Crippen LogP contribution in [0.1, 0.15) is 52.4 Å². The van der Waals surface area contributed by atoms with Crippen LogP contribution < -0.4 is 0 Å². The smallest absolute Gasteiger partial charge is 0.158 e. The molecule has 1 saturated carbocycles. The predicted octanol–water partition coefficient (Wildman–Crippen LogP) is 2.61. The standard InChI is InChI=1S/C13H20O2/c1-10(14)11-6-5-8-12(2)7-3-4-9-13(11,12)15/h6,15H,3-5,7-9H2,1-2H3/t12-,13-/m0/s1. The van der Waals surface area contributed by atoms with Crippen molar-refractivity contribution >= 4 is 5.78 Å². The highest BCUT2D eigenvalue weighted by molar-refractivity contribution is 5.95. The lowest BCUT2D eigenvalue weighted by Crippen LogP contribution is -2.53. The fourth-order valence-electron chi connectivity index (χ4n) is 3.34. The maximum Gasteiger partial charge on any atom is 0.158 e. The minimum absolute atomic E-state index is 0.0466. The first-order valence-electron chi connectivity index (χ1n) is 5.94. The molecular weight excluding hydrogens is 188 g/mol. The van der Waals surface area contributed by atoms with Crippen LogP contribution in [-0.4, -0.2) is 16.5 Å². The molecule has 1 N–H and O–H groups in total. The molecule has 2 nitrogen and oxygen atoms in total. The van der Waals surface area contributed by atoms with Crippen LogP contribution in [0.4, 0.5) is 0 Å². The van der Waals surface area contributed by atoms with Crippen molar-refractivity contribution in [3.63, 3.8) is 0 Å². The Labute approximate surface area is 91.4 Å². The third kappa shape index (κ3) is 1.46. The zero-order valence-electron chi connectivity index (χ0n) is 9.68. The minimum atomic E-state index is -0.838. The van der Waals surface area contributed by atoms with E-state index in [9.17, 15) is 9.90 Å². The molecule has 0 saturated heterocycles. The molecular formula is C13H20O2. The van der Waals surface area contributed by atoms with E-state index in [1.54, 1.807) is 6.92 Å². The van der Waals surface area contributed by atoms with Crippen LogP contribution in [0.25, 0.3) is 0 Å². The third-order valence-corrected chi connectivity index (χ3v) is 4.39. The van der Waals surface area contributed by atoms with Gasteiger partial charge < -0.3 is 5.11 Å². The van der Waals surface area contributed by atoms with Gasteiger partial charge in [0, 0.05) is 11.0 Å². The summed E-state index contributed by atoms with van der Waals surface area (Å²) in [5, 5.41) is 10.8. The van der Waals surface area contributed by atoms with Crippen molar-refractivity contribution in [2.75, 3.05) is 0 Å². The number of Topliss-reactive ketones (excluding diaryl/α,β-unsaturated/α-hetero) is 1. The SMILES string of the molecule is CC(=O)C1=CCC[C@]2(C)CCCC[C@]12O. The van der Waals surface area contributed by atoms with Crippen LogP contribution in [-0.2, 0) is 4.79 Å². The van der Waals surface area contributed by atoms with Crippen LogP contribution in [0.15, 0.2) is 11.6 Å². The van der Waals surface area contributed by atoms with E-state index >= 15 is 0 Å². The number of carbonyl (C=O) groups excluding carboxylic acids is 1. The molecule has 2 aliphatic rings. The van der Waals surface area contributed by atoms with E-state index < -0.39 is 5.60 Å². The van der Waals surface area contributed by atoms with Crippen molar-refractivity contribution < 1.29 is 9.90 Å². The van der Waals surface area contributed by atoms with Gasteiger partial charge in [-0.05, 0) is 32.6 Å². The van der Waals surface area contributed by atoms with Crippen molar-refractivity contribution in [2.45, 2.75) is 58.0 Å².